The summed E-state index contributed by atoms with van der Waals surface area (Å²) in [6, 6.07) is 5.81. The Morgan fingerprint density at radius 1 is 1.62 bits per heavy atom. The lowest BCUT2D eigenvalue weighted by Crippen LogP contribution is -2.21. The monoisotopic (exact) mass is 215 g/mol. The molecule has 1 N–H and O–H groups in total. The fraction of sp³-hybridized carbons (Fsp3) is 0.167. The molecule has 82 valence electrons. The van der Waals surface area contributed by atoms with Gasteiger partial charge in [-0.05, 0) is 25.1 Å². The van der Waals surface area contributed by atoms with Gasteiger partial charge in [0.1, 0.15) is 5.65 Å². The molecular weight excluding hydrogens is 202 g/mol. The molecule has 0 atom stereocenters. The standard InChI is InChI=1S/C12H13N3O/c1-3-12(16)13-8-10-9(2)14-11-6-4-5-7-15(10)11/h3-7H,1,8H2,2H3,(H,13,16). The highest BCUT2D eigenvalue weighted by Crippen LogP contribution is 2.11. The zero-order chi connectivity index (χ0) is 11.5. The number of nitrogens with one attached hydrogen (secondary N) is 1. The lowest BCUT2D eigenvalue weighted by atomic mass is 10.3. The van der Waals surface area contributed by atoms with E-state index in [1.807, 2.05) is 35.7 Å². The van der Waals surface area contributed by atoms with Crippen LogP contribution in [0.15, 0.2) is 37.1 Å². The maximum Gasteiger partial charge on any atom is 0.243 e. The number of hydrogen-bond acceptors (Lipinski definition) is 2. The molecule has 2 rings (SSSR count). The predicted molar refractivity (Wildman–Crippen MR) is 62.0 cm³/mol. The number of hydrogen-bond donors (Lipinski definition) is 1. The molecule has 0 unspecified atom stereocenters. The third-order valence-electron chi connectivity index (χ3n) is 2.44. The van der Waals surface area contributed by atoms with E-state index in [0.717, 1.165) is 17.0 Å². The summed E-state index contributed by atoms with van der Waals surface area (Å²) < 4.78 is 1.97. The van der Waals surface area contributed by atoms with Crippen molar-refractivity contribution in [2.24, 2.45) is 0 Å². The van der Waals surface area contributed by atoms with Crippen molar-refractivity contribution in [1.82, 2.24) is 14.7 Å². The van der Waals surface area contributed by atoms with E-state index in [0.29, 0.717) is 6.54 Å². The summed E-state index contributed by atoms with van der Waals surface area (Å²) in [6.07, 6.45) is 3.20. The van der Waals surface area contributed by atoms with Gasteiger partial charge in [-0.2, -0.15) is 0 Å². The minimum absolute atomic E-state index is 0.176. The van der Waals surface area contributed by atoms with Gasteiger partial charge >= 0.3 is 0 Å². The highest BCUT2D eigenvalue weighted by Gasteiger charge is 2.07. The van der Waals surface area contributed by atoms with Crippen LogP contribution in [0.2, 0.25) is 0 Å². The van der Waals surface area contributed by atoms with Crippen molar-refractivity contribution in [3.8, 4) is 0 Å². The molecule has 0 saturated carbocycles. The maximum atomic E-state index is 11.1. The van der Waals surface area contributed by atoms with E-state index >= 15 is 0 Å². The number of nitrogens with zero attached hydrogens (tertiary/aromatic N) is 2. The van der Waals surface area contributed by atoms with Crippen LogP contribution in [-0.4, -0.2) is 15.3 Å². The maximum absolute atomic E-state index is 11.1. The first-order chi connectivity index (χ1) is 7.72. The first kappa shape index (κ1) is 10.4. The lowest BCUT2D eigenvalue weighted by Gasteiger charge is -2.03. The highest BCUT2D eigenvalue weighted by molar-refractivity contribution is 5.86. The lowest BCUT2D eigenvalue weighted by molar-refractivity contribution is -0.116. The van der Waals surface area contributed by atoms with Crippen molar-refractivity contribution in [1.29, 1.82) is 0 Å². The van der Waals surface area contributed by atoms with Crippen LogP contribution in [0.1, 0.15) is 11.4 Å². The second-order valence-electron chi connectivity index (χ2n) is 3.49. The molecule has 2 aromatic rings. The van der Waals surface area contributed by atoms with Crippen LogP contribution in [0.5, 0.6) is 0 Å². The Hall–Kier alpha value is -2.10. The Morgan fingerprint density at radius 3 is 3.19 bits per heavy atom. The second kappa shape index (κ2) is 4.18. The van der Waals surface area contributed by atoms with E-state index in [1.165, 1.54) is 6.08 Å². The minimum Gasteiger partial charge on any atom is -0.347 e. The van der Waals surface area contributed by atoms with Gasteiger partial charge in [0.2, 0.25) is 5.91 Å². The van der Waals surface area contributed by atoms with E-state index in [9.17, 15) is 4.79 Å². The van der Waals surface area contributed by atoms with Crippen molar-refractivity contribution in [2.75, 3.05) is 0 Å². The number of pyridine rings is 1. The molecule has 0 bridgehead atoms. The highest BCUT2D eigenvalue weighted by atomic mass is 16.1. The molecule has 1 amide bonds. The van der Waals surface area contributed by atoms with Crippen molar-refractivity contribution >= 4 is 11.6 Å². The average Bonchev–Trinajstić information content (AvgIpc) is 2.62. The number of fused-ring (bicyclic) bond motifs is 1. The van der Waals surface area contributed by atoms with E-state index in [2.05, 4.69) is 16.9 Å². The number of amides is 1. The number of imidazole rings is 1. The number of aromatic nitrogens is 2. The molecule has 0 fully saturated rings. The van der Waals surface area contributed by atoms with E-state index in [1.54, 1.807) is 0 Å². The largest absolute Gasteiger partial charge is 0.347 e. The van der Waals surface area contributed by atoms with E-state index < -0.39 is 0 Å². The Bertz CT molecular complexity index is 542. The van der Waals surface area contributed by atoms with Crippen LogP contribution >= 0.6 is 0 Å². The van der Waals surface area contributed by atoms with Crippen LogP contribution in [0, 0.1) is 6.92 Å². The third kappa shape index (κ3) is 1.82. The van der Waals surface area contributed by atoms with Gasteiger partial charge in [0, 0.05) is 6.20 Å². The zero-order valence-corrected chi connectivity index (χ0v) is 9.10. The SMILES string of the molecule is C=CC(=O)NCc1c(C)nc2ccccn12. The van der Waals surface area contributed by atoms with Gasteiger partial charge in [0.25, 0.3) is 0 Å². The topological polar surface area (TPSA) is 46.4 Å². The van der Waals surface area contributed by atoms with Crippen molar-refractivity contribution in [3.63, 3.8) is 0 Å². The van der Waals surface area contributed by atoms with Gasteiger partial charge in [-0.3, -0.25) is 4.79 Å². The van der Waals surface area contributed by atoms with E-state index in [4.69, 9.17) is 0 Å². The summed E-state index contributed by atoms with van der Waals surface area (Å²) in [5, 5.41) is 2.75. The third-order valence-corrected chi connectivity index (χ3v) is 2.44. The van der Waals surface area contributed by atoms with Gasteiger partial charge in [-0.15, -0.1) is 0 Å². The fourth-order valence-corrected chi connectivity index (χ4v) is 1.62. The molecule has 0 radical (unpaired) electrons. The Kier molecular flexibility index (Phi) is 2.72. The number of rotatable bonds is 3. The molecule has 4 heteroatoms. The van der Waals surface area contributed by atoms with Gasteiger partial charge in [-0.1, -0.05) is 12.6 Å². The zero-order valence-electron chi connectivity index (χ0n) is 9.10. The molecule has 0 aliphatic carbocycles. The molecule has 16 heavy (non-hydrogen) atoms. The summed E-state index contributed by atoms with van der Waals surface area (Å²) >= 11 is 0. The molecule has 0 spiro atoms. The van der Waals surface area contributed by atoms with Gasteiger partial charge < -0.3 is 9.72 Å². The van der Waals surface area contributed by atoms with Gasteiger partial charge in [0.15, 0.2) is 0 Å². The number of carbonyl (C=O) groups is 1. The molecule has 0 saturated heterocycles. The summed E-state index contributed by atoms with van der Waals surface area (Å²) in [6.45, 7) is 5.80. The molecule has 0 aromatic carbocycles. The Morgan fingerprint density at radius 2 is 2.44 bits per heavy atom. The van der Waals surface area contributed by atoms with Gasteiger partial charge in [-0.25, -0.2) is 4.98 Å². The fourth-order valence-electron chi connectivity index (χ4n) is 1.62. The molecule has 0 aliphatic rings. The molecule has 0 aliphatic heterocycles. The summed E-state index contributed by atoms with van der Waals surface area (Å²) in [4.78, 5) is 15.5. The summed E-state index contributed by atoms with van der Waals surface area (Å²) in [5.41, 5.74) is 2.81. The quantitative estimate of drug-likeness (QED) is 0.787. The van der Waals surface area contributed by atoms with Crippen LogP contribution in [-0.2, 0) is 11.3 Å². The van der Waals surface area contributed by atoms with Crippen LogP contribution in [0.25, 0.3) is 5.65 Å². The first-order valence-corrected chi connectivity index (χ1v) is 5.05. The Balaban J connectivity index is 2.32. The Labute approximate surface area is 93.6 Å². The van der Waals surface area contributed by atoms with Crippen LogP contribution in [0.3, 0.4) is 0 Å². The predicted octanol–water partition coefficient (Wildman–Crippen LogP) is 1.44. The molecule has 2 aromatic heterocycles. The number of carbonyl (C=O) groups excluding carboxylic acids is 1. The van der Waals surface area contributed by atoms with Crippen molar-refractivity contribution in [3.05, 3.63) is 48.4 Å². The van der Waals surface area contributed by atoms with Crippen LogP contribution in [0.4, 0.5) is 0 Å². The van der Waals surface area contributed by atoms with Crippen LogP contribution < -0.4 is 5.32 Å². The summed E-state index contributed by atoms with van der Waals surface area (Å²) in [5.74, 6) is -0.176. The molecule has 2 heterocycles. The normalized spacial score (nSPS) is 10.3. The summed E-state index contributed by atoms with van der Waals surface area (Å²) in [7, 11) is 0. The van der Waals surface area contributed by atoms with Crippen molar-refractivity contribution < 1.29 is 4.79 Å². The average molecular weight is 215 g/mol. The molecule has 4 nitrogen and oxygen atoms in total. The number of aryl methyl sites for hydroxylation is 1. The molecular formula is C12H13N3O. The van der Waals surface area contributed by atoms with E-state index in [-0.39, 0.29) is 5.91 Å². The minimum atomic E-state index is -0.176. The van der Waals surface area contributed by atoms with Gasteiger partial charge in [0.05, 0.1) is 17.9 Å². The second-order valence-corrected chi connectivity index (χ2v) is 3.49. The first-order valence-electron chi connectivity index (χ1n) is 5.05. The smallest absolute Gasteiger partial charge is 0.243 e. The van der Waals surface area contributed by atoms with Crippen molar-refractivity contribution in [2.45, 2.75) is 13.5 Å².